The first kappa shape index (κ1) is 13.7. The molecule has 0 radical (unpaired) electrons. The molecule has 0 aliphatic carbocycles. The van der Waals surface area contributed by atoms with Crippen molar-refractivity contribution in [1.29, 1.82) is 0 Å². The fourth-order valence-electron chi connectivity index (χ4n) is 2.04. The molecule has 2 aromatic rings. The minimum atomic E-state index is -1.03. The zero-order valence-electron chi connectivity index (χ0n) is 10.2. The lowest BCUT2D eigenvalue weighted by Gasteiger charge is -2.23. The van der Waals surface area contributed by atoms with E-state index in [0.717, 1.165) is 10.4 Å². The molecule has 0 aliphatic heterocycles. The number of hydrogen-bond donors (Lipinski definition) is 1. The third kappa shape index (κ3) is 2.82. The fraction of sp³-hybridized carbons (Fsp3) is 0.286. The Labute approximate surface area is 118 Å². The summed E-state index contributed by atoms with van der Waals surface area (Å²) in [6.07, 6.45) is 0.271. The van der Waals surface area contributed by atoms with Gasteiger partial charge in [0.05, 0.1) is 0 Å². The first-order valence-corrected chi connectivity index (χ1v) is 7.28. The molecule has 96 valence electrons. The second kappa shape index (κ2) is 5.11. The zero-order valence-corrected chi connectivity index (χ0v) is 12.6. The summed E-state index contributed by atoms with van der Waals surface area (Å²) in [7, 11) is 0. The van der Waals surface area contributed by atoms with Gasteiger partial charge in [-0.1, -0.05) is 22.0 Å². The van der Waals surface area contributed by atoms with Crippen LogP contribution in [-0.4, -0.2) is 5.11 Å². The molecule has 18 heavy (non-hydrogen) atoms. The standard InChI is InChI=1S/C14H14BrFOS/c1-9-5-6-18-13(9)14(2,17)8-10-3-4-11(15)7-12(10)16/h3-7,17H,8H2,1-2H3. The van der Waals surface area contributed by atoms with Gasteiger partial charge in [0, 0.05) is 15.8 Å². The fourth-order valence-corrected chi connectivity index (χ4v) is 3.36. The number of rotatable bonds is 3. The van der Waals surface area contributed by atoms with Gasteiger partial charge in [-0.25, -0.2) is 4.39 Å². The number of benzene rings is 1. The quantitative estimate of drug-likeness (QED) is 0.884. The van der Waals surface area contributed by atoms with E-state index in [2.05, 4.69) is 15.9 Å². The highest BCUT2D eigenvalue weighted by molar-refractivity contribution is 9.10. The van der Waals surface area contributed by atoms with Crippen molar-refractivity contribution in [3.8, 4) is 0 Å². The van der Waals surface area contributed by atoms with E-state index in [1.165, 1.54) is 17.4 Å². The maximum Gasteiger partial charge on any atom is 0.127 e. The number of aliphatic hydroxyl groups is 1. The molecule has 0 amide bonds. The maximum absolute atomic E-state index is 13.8. The summed E-state index contributed by atoms with van der Waals surface area (Å²) in [6.45, 7) is 3.69. The number of thiophene rings is 1. The van der Waals surface area contributed by atoms with Crippen LogP contribution in [0, 0.1) is 12.7 Å². The lowest BCUT2D eigenvalue weighted by Crippen LogP contribution is -2.24. The summed E-state index contributed by atoms with van der Waals surface area (Å²) >= 11 is 4.73. The van der Waals surface area contributed by atoms with Gasteiger partial charge in [-0.2, -0.15) is 0 Å². The van der Waals surface area contributed by atoms with Crippen LogP contribution in [0.2, 0.25) is 0 Å². The molecule has 0 bridgehead atoms. The first-order chi connectivity index (χ1) is 8.40. The number of halogens is 2. The Kier molecular flexibility index (Phi) is 3.90. The molecule has 1 aromatic heterocycles. The van der Waals surface area contributed by atoms with Crippen LogP contribution in [0.25, 0.3) is 0 Å². The van der Waals surface area contributed by atoms with Crippen LogP contribution < -0.4 is 0 Å². The lowest BCUT2D eigenvalue weighted by molar-refractivity contribution is 0.0600. The van der Waals surface area contributed by atoms with Gasteiger partial charge >= 0.3 is 0 Å². The highest BCUT2D eigenvalue weighted by atomic mass is 79.9. The summed E-state index contributed by atoms with van der Waals surface area (Å²) in [5, 5.41) is 12.5. The molecule has 0 saturated heterocycles. The van der Waals surface area contributed by atoms with E-state index >= 15 is 0 Å². The largest absolute Gasteiger partial charge is 0.384 e. The summed E-state index contributed by atoms with van der Waals surface area (Å²) in [5.74, 6) is -0.293. The van der Waals surface area contributed by atoms with Crippen LogP contribution >= 0.6 is 27.3 Å². The summed E-state index contributed by atoms with van der Waals surface area (Å²) in [5.41, 5.74) is 0.533. The Bertz CT molecular complexity index is 563. The predicted molar refractivity (Wildman–Crippen MR) is 76.4 cm³/mol. The highest BCUT2D eigenvalue weighted by Crippen LogP contribution is 2.33. The van der Waals surface area contributed by atoms with Gasteiger partial charge in [0.15, 0.2) is 0 Å². The topological polar surface area (TPSA) is 20.2 Å². The van der Waals surface area contributed by atoms with E-state index in [0.29, 0.717) is 10.0 Å². The van der Waals surface area contributed by atoms with Gasteiger partial charge in [0.25, 0.3) is 0 Å². The molecule has 2 rings (SSSR count). The molecular formula is C14H14BrFOS. The van der Waals surface area contributed by atoms with Gasteiger partial charge in [0.1, 0.15) is 11.4 Å². The average molecular weight is 329 g/mol. The molecule has 1 atom stereocenters. The minimum Gasteiger partial charge on any atom is -0.384 e. The highest BCUT2D eigenvalue weighted by Gasteiger charge is 2.27. The third-order valence-corrected chi connectivity index (χ3v) is 4.66. The van der Waals surface area contributed by atoms with Gasteiger partial charge < -0.3 is 5.11 Å². The van der Waals surface area contributed by atoms with E-state index < -0.39 is 5.60 Å². The van der Waals surface area contributed by atoms with E-state index in [1.54, 1.807) is 19.1 Å². The second-order valence-corrected chi connectivity index (χ2v) is 6.45. The Hall–Kier alpha value is -0.710. The Morgan fingerprint density at radius 3 is 2.67 bits per heavy atom. The molecule has 1 unspecified atom stereocenters. The van der Waals surface area contributed by atoms with Crippen LogP contribution in [0.4, 0.5) is 4.39 Å². The summed E-state index contributed by atoms with van der Waals surface area (Å²) in [4.78, 5) is 0.893. The normalized spacial score (nSPS) is 14.5. The molecule has 1 aromatic carbocycles. The SMILES string of the molecule is Cc1ccsc1C(C)(O)Cc1ccc(Br)cc1F. The maximum atomic E-state index is 13.8. The van der Waals surface area contributed by atoms with Crippen LogP contribution in [-0.2, 0) is 12.0 Å². The molecule has 0 spiro atoms. The minimum absolute atomic E-state index is 0.271. The van der Waals surface area contributed by atoms with Gasteiger partial charge in [-0.3, -0.25) is 0 Å². The Balaban J connectivity index is 2.30. The molecule has 0 saturated carbocycles. The van der Waals surface area contributed by atoms with Crippen molar-refractivity contribution in [1.82, 2.24) is 0 Å². The van der Waals surface area contributed by atoms with Crippen LogP contribution in [0.15, 0.2) is 34.1 Å². The Morgan fingerprint density at radius 1 is 1.39 bits per heavy atom. The molecule has 1 nitrogen and oxygen atoms in total. The molecule has 0 aliphatic rings. The van der Waals surface area contributed by atoms with Crippen molar-refractivity contribution in [2.24, 2.45) is 0 Å². The van der Waals surface area contributed by atoms with Crippen LogP contribution in [0.3, 0.4) is 0 Å². The first-order valence-electron chi connectivity index (χ1n) is 5.61. The number of aryl methyl sites for hydroxylation is 1. The molecular weight excluding hydrogens is 315 g/mol. The predicted octanol–water partition coefficient (Wildman–Crippen LogP) is 4.41. The van der Waals surface area contributed by atoms with Gasteiger partial charge in [-0.15, -0.1) is 11.3 Å². The lowest BCUT2D eigenvalue weighted by atomic mass is 9.93. The zero-order chi connectivity index (χ0) is 13.3. The molecule has 0 fully saturated rings. The average Bonchev–Trinajstić information content (AvgIpc) is 2.69. The van der Waals surface area contributed by atoms with Crippen molar-refractivity contribution in [2.75, 3.05) is 0 Å². The number of hydrogen-bond acceptors (Lipinski definition) is 2. The second-order valence-electron chi connectivity index (χ2n) is 4.62. The van der Waals surface area contributed by atoms with Crippen molar-refractivity contribution in [2.45, 2.75) is 25.9 Å². The van der Waals surface area contributed by atoms with Gasteiger partial charge in [-0.05, 0) is 48.6 Å². The van der Waals surface area contributed by atoms with Gasteiger partial charge in [0.2, 0.25) is 0 Å². The monoisotopic (exact) mass is 328 g/mol. The van der Waals surface area contributed by atoms with E-state index in [9.17, 15) is 9.50 Å². The van der Waals surface area contributed by atoms with Crippen molar-refractivity contribution < 1.29 is 9.50 Å². The van der Waals surface area contributed by atoms with Crippen LogP contribution in [0.5, 0.6) is 0 Å². The molecule has 1 N–H and O–H groups in total. The molecule has 1 heterocycles. The van der Waals surface area contributed by atoms with Crippen molar-refractivity contribution >= 4 is 27.3 Å². The van der Waals surface area contributed by atoms with E-state index in [1.807, 2.05) is 18.4 Å². The van der Waals surface area contributed by atoms with E-state index in [4.69, 9.17) is 0 Å². The van der Waals surface area contributed by atoms with Crippen molar-refractivity contribution in [3.63, 3.8) is 0 Å². The smallest absolute Gasteiger partial charge is 0.127 e. The third-order valence-electron chi connectivity index (χ3n) is 2.90. The summed E-state index contributed by atoms with van der Waals surface area (Å²) < 4.78 is 14.5. The Morgan fingerprint density at radius 2 is 2.11 bits per heavy atom. The molecule has 4 heteroatoms. The van der Waals surface area contributed by atoms with E-state index in [-0.39, 0.29) is 12.2 Å². The van der Waals surface area contributed by atoms with Crippen LogP contribution in [0.1, 0.15) is 22.9 Å². The summed E-state index contributed by atoms with van der Waals surface area (Å²) in [6, 6.07) is 6.88. The van der Waals surface area contributed by atoms with Crippen molar-refractivity contribution in [3.05, 3.63) is 55.9 Å².